The minimum Gasteiger partial charge on any atom is -0.367 e. The molecule has 2 heterocycles. The summed E-state index contributed by atoms with van der Waals surface area (Å²) >= 11 is 11.3. The lowest BCUT2D eigenvalue weighted by Gasteiger charge is -2.36. The molecule has 0 unspecified atom stereocenters. The van der Waals surface area contributed by atoms with Gasteiger partial charge in [0.05, 0.1) is 15.6 Å². The van der Waals surface area contributed by atoms with Crippen molar-refractivity contribution < 1.29 is 9.59 Å². The molecule has 1 fully saturated rings. The summed E-state index contributed by atoms with van der Waals surface area (Å²) in [7, 11) is 0. The normalized spacial score (nSPS) is 13.9. The molecule has 1 aliphatic rings. The van der Waals surface area contributed by atoms with Crippen molar-refractivity contribution in [3.8, 4) is 0 Å². The summed E-state index contributed by atoms with van der Waals surface area (Å²) in [5, 5.41) is 5.37. The molecule has 2 amide bonds. The summed E-state index contributed by atoms with van der Waals surface area (Å²) in [6.45, 7) is 2.72. The highest BCUT2D eigenvalue weighted by atomic mass is 79.9. The van der Waals surface area contributed by atoms with Crippen LogP contribution >= 0.6 is 38.9 Å². The Morgan fingerprint density at radius 1 is 1.00 bits per heavy atom. The van der Waals surface area contributed by atoms with Gasteiger partial charge in [-0.1, -0.05) is 33.6 Å². The van der Waals surface area contributed by atoms with Crippen LogP contribution in [0.15, 0.2) is 64.5 Å². The fourth-order valence-corrected chi connectivity index (χ4v) is 4.61. The van der Waals surface area contributed by atoms with Crippen LogP contribution in [-0.4, -0.2) is 42.9 Å². The monoisotopic (exact) mass is 503 g/mol. The van der Waals surface area contributed by atoms with E-state index in [2.05, 4.69) is 26.1 Å². The Kier molecular flexibility index (Phi) is 6.41. The standard InChI is InChI=1S/C22H19BrClN3O2S/c23-16-5-3-15(4-6-16)21(28)25-17-7-8-19(18(24)14-17)26-9-11-27(12-10-26)22(29)20-2-1-13-30-20/h1-8,13-14H,9-12H2,(H,25,28). The molecular weight excluding hydrogens is 486 g/mol. The van der Waals surface area contributed by atoms with E-state index >= 15 is 0 Å². The number of nitrogens with zero attached hydrogens (tertiary/aromatic N) is 2. The Morgan fingerprint density at radius 3 is 2.37 bits per heavy atom. The van der Waals surface area contributed by atoms with E-state index < -0.39 is 0 Å². The lowest BCUT2D eigenvalue weighted by molar-refractivity contribution is 0.0751. The van der Waals surface area contributed by atoms with Gasteiger partial charge in [0, 0.05) is 41.9 Å². The number of hydrogen-bond acceptors (Lipinski definition) is 4. The minimum absolute atomic E-state index is 0.0850. The molecule has 0 radical (unpaired) electrons. The summed E-state index contributed by atoms with van der Waals surface area (Å²) in [6.07, 6.45) is 0. The van der Waals surface area contributed by atoms with Crippen LogP contribution in [0.3, 0.4) is 0 Å². The van der Waals surface area contributed by atoms with Gasteiger partial charge < -0.3 is 15.1 Å². The number of piperazine rings is 1. The van der Waals surface area contributed by atoms with Crippen LogP contribution in [0, 0.1) is 0 Å². The zero-order valence-electron chi connectivity index (χ0n) is 16.0. The fraction of sp³-hybridized carbons (Fsp3) is 0.182. The van der Waals surface area contributed by atoms with Crippen molar-refractivity contribution in [2.75, 3.05) is 36.4 Å². The van der Waals surface area contributed by atoms with Crippen molar-refractivity contribution >= 4 is 62.1 Å². The first-order chi connectivity index (χ1) is 14.5. The Balaban J connectivity index is 1.38. The highest BCUT2D eigenvalue weighted by Crippen LogP contribution is 2.30. The Labute approximate surface area is 192 Å². The molecule has 154 valence electrons. The maximum absolute atomic E-state index is 12.5. The number of hydrogen-bond donors (Lipinski definition) is 1. The lowest BCUT2D eigenvalue weighted by Crippen LogP contribution is -2.48. The van der Waals surface area contributed by atoms with E-state index in [0.29, 0.717) is 42.5 Å². The molecule has 1 N–H and O–H groups in total. The molecule has 8 heteroatoms. The van der Waals surface area contributed by atoms with Crippen LogP contribution in [-0.2, 0) is 0 Å². The third-order valence-corrected chi connectivity index (χ3v) is 6.64. The van der Waals surface area contributed by atoms with Gasteiger partial charge in [-0.2, -0.15) is 0 Å². The molecule has 2 aromatic carbocycles. The summed E-state index contributed by atoms with van der Waals surface area (Å²) in [5.74, 6) is -0.103. The maximum Gasteiger partial charge on any atom is 0.264 e. The van der Waals surface area contributed by atoms with Crippen LogP contribution in [0.4, 0.5) is 11.4 Å². The second-order valence-electron chi connectivity index (χ2n) is 6.88. The molecule has 5 nitrogen and oxygen atoms in total. The molecule has 0 atom stereocenters. The van der Waals surface area contributed by atoms with E-state index in [1.165, 1.54) is 11.3 Å². The van der Waals surface area contributed by atoms with Crippen LogP contribution in [0.25, 0.3) is 0 Å². The number of carbonyl (C=O) groups excluding carboxylic acids is 2. The molecule has 1 saturated heterocycles. The predicted molar refractivity (Wildman–Crippen MR) is 126 cm³/mol. The van der Waals surface area contributed by atoms with Crippen LogP contribution < -0.4 is 10.2 Å². The van der Waals surface area contributed by atoms with Gasteiger partial charge in [0.1, 0.15) is 0 Å². The van der Waals surface area contributed by atoms with Gasteiger partial charge in [0.15, 0.2) is 0 Å². The lowest BCUT2D eigenvalue weighted by atomic mass is 10.2. The quantitative estimate of drug-likeness (QED) is 0.519. The largest absolute Gasteiger partial charge is 0.367 e. The summed E-state index contributed by atoms with van der Waals surface area (Å²) in [6, 6.07) is 16.4. The van der Waals surface area contributed by atoms with Gasteiger partial charge in [-0.25, -0.2) is 0 Å². The van der Waals surface area contributed by atoms with Crippen molar-refractivity contribution in [3.63, 3.8) is 0 Å². The van der Waals surface area contributed by atoms with E-state index in [1.54, 1.807) is 18.2 Å². The molecule has 3 aromatic rings. The fourth-order valence-electron chi connectivity index (χ4n) is 3.35. The van der Waals surface area contributed by atoms with Crippen LogP contribution in [0.2, 0.25) is 5.02 Å². The van der Waals surface area contributed by atoms with E-state index in [1.807, 2.05) is 46.7 Å². The van der Waals surface area contributed by atoms with E-state index in [9.17, 15) is 9.59 Å². The zero-order chi connectivity index (χ0) is 21.1. The summed E-state index contributed by atoms with van der Waals surface area (Å²) in [4.78, 5) is 29.7. The molecule has 30 heavy (non-hydrogen) atoms. The van der Waals surface area contributed by atoms with Gasteiger partial charge >= 0.3 is 0 Å². The Hall–Kier alpha value is -2.35. The predicted octanol–water partition coefficient (Wildman–Crippen LogP) is 5.38. The van der Waals surface area contributed by atoms with Gasteiger partial charge in [-0.3, -0.25) is 9.59 Å². The Morgan fingerprint density at radius 2 is 1.73 bits per heavy atom. The van der Waals surface area contributed by atoms with Gasteiger partial charge in [-0.15, -0.1) is 11.3 Å². The molecule has 0 aliphatic carbocycles. The van der Waals surface area contributed by atoms with E-state index in [0.717, 1.165) is 15.0 Å². The molecule has 1 aromatic heterocycles. The minimum atomic E-state index is -0.188. The van der Waals surface area contributed by atoms with Crippen molar-refractivity contribution in [2.24, 2.45) is 0 Å². The van der Waals surface area contributed by atoms with E-state index in [-0.39, 0.29) is 11.8 Å². The summed E-state index contributed by atoms with van der Waals surface area (Å²) < 4.78 is 0.920. The topological polar surface area (TPSA) is 52.7 Å². The first-order valence-corrected chi connectivity index (χ1v) is 11.5. The van der Waals surface area contributed by atoms with E-state index in [4.69, 9.17) is 11.6 Å². The zero-order valence-corrected chi connectivity index (χ0v) is 19.1. The number of halogens is 2. The highest BCUT2D eigenvalue weighted by molar-refractivity contribution is 9.10. The number of thiophene rings is 1. The number of carbonyl (C=O) groups is 2. The molecule has 0 spiro atoms. The van der Waals surface area contributed by atoms with Gasteiger partial charge in [0.25, 0.3) is 11.8 Å². The molecule has 1 aliphatic heterocycles. The van der Waals surface area contributed by atoms with Crippen molar-refractivity contribution in [3.05, 3.63) is 79.9 Å². The highest BCUT2D eigenvalue weighted by Gasteiger charge is 2.24. The second kappa shape index (κ2) is 9.20. The Bertz CT molecular complexity index is 1050. The molecule has 0 bridgehead atoms. The molecule has 0 saturated carbocycles. The number of amides is 2. The first-order valence-electron chi connectivity index (χ1n) is 9.45. The molecular formula is C22H19BrClN3O2S. The number of benzene rings is 2. The first kappa shape index (κ1) is 20.9. The van der Waals surface area contributed by atoms with Gasteiger partial charge in [0.2, 0.25) is 0 Å². The van der Waals surface area contributed by atoms with Crippen LogP contribution in [0.5, 0.6) is 0 Å². The number of nitrogens with one attached hydrogen (secondary N) is 1. The van der Waals surface area contributed by atoms with Gasteiger partial charge in [-0.05, 0) is 53.9 Å². The SMILES string of the molecule is O=C(Nc1ccc(N2CCN(C(=O)c3cccs3)CC2)c(Cl)c1)c1ccc(Br)cc1. The van der Waals surface area contributed by atoms with Crippen LogP contribution in [0.1, 0.15) is 20.0 Å². The average molecular weight is 505 g/mol. The number of anilines is 2. The number of rotatable bonds is 4. The smallest absolute Gasteiger partial charge is 0.264 e. The molecule has 4 rings (SSSR count). The van der Waals surface area contributed by atoms with Crippen molar-refractivity contribution in [2.45, 2.75) is 0 Å². The maximum atomic E-state index is 12.5. The third-order valence-electron chi connectivity index (χ3n) is 4.95. The van der Waals surface area contributed by atoms with Crippen molar-refractivity contribution in [1.82, 2.24) is 4.90 Å². The van der Waals surface area contributed by atoms with Crippen molar-refractivity contribution in [1.29, 1.82) is 0 Å². The average Bonchev–Trinajstić information content (AvgIpc) is 3.29. The summed E-state index contributed by atoms with van der Waals surface area (Å²) in [5.41, 5.74) is 2.12. The second-order valence-corrected chi connectivity index (χ2v) is 9.15. The third kappa shape index (κ3) is 4.69.